The predicted octanol–water partition coefficient (Wildman–Crippen LogP) is 0.802. The zero-order valence-electron chi connectivity index (χ0n) is 6.07. The van der Waals surface area contributed by atoms with Gasteiger partial charge in [-0.3, -0.25) is 0 Å². The van der Waals surface area contributed by atoms with E-state index in [1.54, 1.807) is 30.3 Å². The molecule has 0 spiro atoms. The van der Waals surface area contributed by atoms with Gasteiger partial charge in [0.2, 0.25) is 0 Å². The molecule has 2 N–H and O–H groups in total. The minimum Gasteiger partial charge on any atom is -0.479 e. The van der Waals surface area contributed by atoms with Gasteiger partial charge in [-0.25, -0.2) is 4.79 Å². The summed E-state index contributed by atoms with van der Waals surface area (Å²) in [6.45, 7) is 0. The van der Waals surface area contributed by atoms with E-state index in [0.717, 1.165) is 0 Å². The maximum Gasteiger partial charge on any atom is 0.337 e. The molecule has 0 amide bonds. The largest absolute Gasteiger partial charge is 0.479 e. The summed E-state index contributed by atoms with van der Waals surface area (Å²) in [5.41, 5.74) is 0.403. The van der Waals surface area contributed by atoms with Crippen molar-refractivity contribution >= 4 is 5.97 Å². The van der Waals surface area contributed by atoms with Crippen LogP contribution in [0.5, 0.6) is 0 Å². The number of aliphatic hydroxyl groups excluding tert-OH is 1. The molecule has 0 bridgehead atoms. The van der Waals surface area contributed by atoms with E-state index in [-0.39, 0.29) is 22.4 Å². The summed E-state index contributed by atoms with van der Waals surface area (Å²) in [5, 5.41) is 17.4. The minimum atomic E-state index is -1.41. The Balaban J connectivity index is 0.00000121. The maximum absolute atomic E-state index is 10.2. The molecule has 3 nitrogen and oxygen atoms in total. The Hall–Kier alpha value is -0.610. The monoisotopic (exact) mass is 259 g/mol. The van der Waals surface area contributed by atoms with Gasteiger partial charge in [0.05, 0.1) is 0 Å². The fourth-order valence-electron chi connectivity index (χ4n) is 0.778. The number of aliphatic carboxylic acids is 1. The van der Waals surface area contributed by atoms with E-state index in [1.807, 2.05) is 0 Å². The van der Waals surface area contributed by atoms with Gasteiger partial charge >= 0.3 is 5.97 Å². The van der Waals surface area contributed by atoms with Crippen molar-refractivity contribution in [2.24, 2.45) is 0 Å². The van der Waals surface area contributed by atoms with Crippen molar-refractivity contribution in [2.45, 2.75) is 6.10 Å². The van der Waals surface area contributed by atoms with Crippen LogP contribution in [0.1, 0.15) is 11.7 Å². The van der Waals surface area contributed by atoms with Gasteiger partial charge in [0.15, 0.2) is 6.10 Å². The molecular weight excluding hydrogens is 252 g/mol. The third kappa shape index (κ3) is 2.79. The third-order valence-corrected chi connectivity index (χ3v) is 1.35. The van der Waals surface area contributed by atoms with Crippen LogP contribution in [0.2, 0.25) is 0 Å². The summed E-state index contributed by atoms with van der Waals surface area (Å²) in [7, 11) is 0. The minimum absolute atomic E-state index is 0. The number of carboxylic acids is 1. The summed E-state index contributed by atoms with van der Waals surface area (Å²) in [5.74, 6) is -1.23. The molecule has 0 aliphatic rings. The van der Waals surface area contributed by atoms with Gasteiger partial charge in [0, 0.05) is 22.4 Å². The zero-order valence-corrected chi connectivity index (χ0v) is 7.55. The predicted molar refractivity (Wildman–Crippen MR) is 39.0 cm³/mol. The van der Waals surface area contributed by atoms with Gasteiger partial charge < -0.3 is 10.2 Å². The second kappa shape index (κ2) is 5.11. The van der Waals surface area contributed by atoms with Crippen LogP contribution in [0, 0.1) is 0 Å². The molecule has 69 valence electrons. The van der Waals surface area contributed by atoms with Crippen LogP contribution in [0.25, 0.3) is 0 Å². The Labute approximate surface area is 85.5 Å². The topological polar surface area (TPSA) is 57.5 Å². The van der Waals surface area contributed by atoms with E-state index in [9.17, 15) is 4.79 Å². The first-order chi connectivity index (χ1) is 5.22. The van der Waals surface area contributed by atoms with Gasteiger partial charge in [0.25, 0.3) is 0 Å². The summed E-state index contributed by atoms with van der Waals surface area (Å²) in [6.07, 6.45) is -1.41. The van der Waals surface area contributed by atoms with Crippen LogP contribution in [-0.2, 0) is 27.2 Å². The number of rotatable bonds is 2. The van der Waals surface area contributed by atoms with Gasteiger partial charge in [-0.05, 0) is 5.56 Å². The molecule has 1 unspecified atom stereocenters. The van der Waals surface area contributed by atoms with Gasteiger partial charge in [-0.2, -0.15) is 0 Å². The van der Waals surface area contributed by atoms with Gasteiger partial charge in [-0.1, -0.05) is 30.3 Å². The van der Waals surface area contributed by atoms with Crippen molar-refractivity contribution in [1.29, 1.82) is 0 Å². The summed E-state index contributed by atoms with van der Waals surface area (Å²) in [6, 6.07) is 8.26. The molecule has 1 aromatic rings. The molecule has 0 saturated heterocycles. The van der Waals surface area contributed by atoms with Crippen molar-refractivity contribution in [1.82, 2.24) is 0 Å². The SMILES string of the molecule is O=C(O)C(O)c1ccccc1.[Ag]. The quantitative estimate of drug-likeness (QED) is 0.773. The van der Waals surface area contributed by atoms with E-state index in [1.165, 1.54) is 0 Å². The Bertz CT molecular complexity index is 248. The molecule has 0 aliphatic heterocycles. The second-order valence-corrected chi connectivity index (χ2v) is 2.15. The van der Waals surface area contributed by atoms with Crippen LogP contribution in [0.15, 0.2) is 30.3 Å². The third-order valence-electron chi connectivity index (χ3n) is 1.35. The Kier molecular flexibility index (Phi) is 4.85. The zero-order chi connectivity index (χ0) is 8.27. The molecule has 0 aliphatic carbocycles. The number of hydrogen-bond acceptors (Lipinski definition) is 2. The molecule has 4 heteroatoms. The molecule has 0 heterocycles. The molecule has 1 atom stereocenters. The fourth-order valence-corrected chi connectivity index (χ4v) is 0.778. The number of carboxylic acid groups (broad SMARTS) is 1. The normalized spacial score (nSPS) is 11.4. The maximum atomic E-state index is 10.2. The van der Waals surface area contributed by atoms with E-state index in [0.29, 0.717) is 5.56 Å². The standard InChI is InChI=1S/C8H8O3.Ag/c9-7(8(10)11)6-4-2-1-3-5-6;/h1-5,7,9H,(H,10,11);. The van der Waals surface area contributed by atoms with Crippen molar-refractivity contribution < 1.29 is 37.4 Å². The number of benzene rings is 1. The van der Waals surface area contributed by atoms with E-state index < -0.39 is 12.1 Å². The Morgan fingerprint density at radius 1 is 1.25 bits per heavy atom. The van der Waals surface area contributed by atoms with E-state index >= 15 is 0 Å². The Morgan fingerprint density at radius 2 is 1.75 bits per heavy atom. The summed E-state index contributed by atoms with van der Waals surface area (Å²) in [4.78, 5) is 10.2. The number of carbonyl (C=O) groups is 1. The molecule has 1 rings (SSSR count). The molecule has 0 fully saturated rings. The summed E-state index contributed by atoms with van der Waals surface area (Å²) < 4.78 is 0. The van der Waals surface area contributed by atoms with Gasteiger partial charge in [-0.15, -0.1) is 0 Å². The molecular formula is C8H8AgO3. The molecule has 0 aromatic heterocycles. The van der Waals surface area contributed by atoms with Crippen LogP contribution < -0.4 is 0 Å². The Morgan fingerprint density at radius 3 is 2.17 bits per heavy atom. The van der Waals surface area contributed by atoms with Crippen molar-refractivity contribution in [3.63, 3.8) is 0 Å². The summed E-state index contributed by atoms with van der Waals surface area (Å²) >= 11 is 0. The fraction of sp³-hybridized carbons (Fsp3) is 0.125. The van der Waals surface area contributed by atoms with E-state index in [2.05, 4.69) is 0 Å². The average molecular weight is 260 g/mol. The second-order valence-electron chi connectivity index (χ2n) is 2.15. The van der Waals surface area contributed by atoms with Crippen LogP contribution in [0.3, 0.4) is 0 Å². The first-order valence-corrected chi connectivity index (χ1v) is 3.17. The molecule has 0 saturated carbocycles. The van der Waals surface area contributed by atoms with Crippen LogP contribution in [0.4, 0.5) is 0 Å². The smallest absolute Gasteiger partial charge is 0.337 e. The van der Waals surface area contributed by atoms with Gasteiger partial charge in [0.1, 0.15) is 0 Å². The van der Waals surface area contributed by atoms with Crippen LogP contribution >= 0.6 is 0 Å². The number of aliphatic hydroxyl groups is 1. The van der Waals surface area contributed by atoms with Crippen LogP contribution in [-0.4, -0.2) is 16.2 Å². The first-order valence-electron chi connectivity index (χ1n) is 3.17. The van der Waals surface area contributed by atoms with Crippen molar-refractivity contribution in [3.8, 4) is 0 Å². The average Bonchev–Trinajstić information content (AvgIpc) is 2.05. The van der Waals surface area contributed by atoms with E-state index in [4.69, 9.17) is 10.2 Å². The van der Waals surface area contributed by atoms with Crippen molar-refractivity contribution in [2.75, 3.05) is 0 Å². The molecule has 12 heavy (non-hydrogen) atoms. The molecule has 1 radical (unpaired) electrons. The first kappa shape index (κ1) is 11.4. The molecule has 1 aromatic carbocycles. The number of hydrogen-bond donors (Lipinski definition) is 2. The van der Waals surface area contributed by atoms with Crippen molar-refractivity contribution in [3.05, 3.63) is 35.9 Å².